The predicted molar refractivity (Wildman–Crippen MR) is 115 cm³/mol. The highest BCUT2D eigenvalue weighted by Crippen LogP contribution is 2.43. The summed E-state index contributed by atoms with van der Waals surface area (Å²) >= 11 is 0. The zero-order chi connectivity index (χ0) is 20.9. The molecule has 5 nitrogen and oxygen atoms in total. The molecule has 1 atom stereocenters. The Balaban J connectivity index is 2.08. The molecular formula is C22H34N2O3Si. The first-order chi connectivity index (χ1) is 12.9. The van der Waals surface area contributed by atoms with Crippen molar-refractivity contribution in [3.8, 4) is 5.75 Å². The van der Waals surface area contributed by atoms with Crippen LogP contribution in [0.25, 0.3) is 10.9 Å². The fourth-order valence-electron chi connectivity index (χ4n) is 3.62. The molecule has 1 saturated carbocycles. The molecule has 0 saturated heterocycles. The summed E-state index contributed by atoms with van der Waals surface area (Å²) in [4.78, 5) is 13.0. The minimum atomic E-state index is -1.94. The molecule has 2 aromatic rings. The molecule has 1 aliphatic rings. The third kappa shape index (κ3) is 3.52. The molecule has 1 fully saturated rings. The largest absolute Gasteiger partial charge is 0.494 e. The molecule has 0 aliphatic heterocycles. The first-order valence-corrected chi connectivity index (χ1v) is 13.0. The first kappa shape index (κ1) is 21.1. The molecule has 0 radical (unpaired) electrons. The molecule has 1 heterocycles. The van der Waals surface area contributed by atoms with Gasteiger partial charge < -0.3 is 9.16 Å². The zero-order valence-electron chi connectivity index (χ0n) is 18.5. The Labute approximate surface area is 169 Å². The molecule has 1 aromatic carbocycles. The topological polar surface area (TPSA) is 53.4 Å². The van der Waals surface area contributed by atoms with Gasteiger partial charge in [-0.05, 0) is 37.0 Å². The molecule has 0 bridgehead atoms. The van der Waals surface area contributed by atoms with Crippen molar-refractivity contribution in [2.75, 3.05) is 7.11 Å². The Morgan fingerprint density at radius 1 is 1.29 bits per heavy atom. The second-order valence-electron chi connectivity index (χ2n) is 10.1. The number of hydrogen-bond acceptors (Lipinski definition) is 4. The van der Waals surface area contributed by atoms with E-state index in [0.29, 0.717) is 6.61 Å². The Morgan fingerprint density at radius 3 is 2.50 bits per heavy atom. The van der Waals surface area contributed by atoms with Gasteiger partial charge in [0.25, 0.3) is 0 Å². The Morgan fingerprint density at radius 2 is 1.96 bits per heavy atom. The molecule has 0 amide bonds. The molecular weight excluding hydrogens is 368 g/mol. The van der Waals surface area contributed by atoms with E-state index in [0.717, 1.165) is 35.2 Å². The number of aromatic nitrogens is 2. The maximum atomic E-state index is 13.0. The number of fused-ring (bicyclic) bond motifs is 1. The smallest absolute Gasteiger partial charge is 0.192 e. The van der Waals surface area contributed by atoms with Gasteiger partial charge >= 0.3 is 0 Å². The van der Waals surface area contributed by atoms with Crippen molar-refractivity contribution in [1.29, 1.82) is 0 Å². The Hall–Kier alpha value is -1.66. The van der Waals surface area contributed by atoms with Crippen LogP contribution in [0.4, 0.5) is 0 Å². The standard InChI is InChI=1S/C22H34N2O3Si/c1-21(2,3)28(7,8)27-14-17-15-10-9-11-18(26-6)19(15)23-24(17)16-12-13-22(4,5)20(16)25/h9-11,16H,12-14H2,1-8H3/t16-/m0/s1. The summed E-state index contributed by atoms with van der Waals surface area (Å²) in [5, 5.41) is 5.98. The number of carbonyl (C=O) groups is 1. The summed E-state index contributed by atoms with van der Waals surface area (Å²) in [5.74, 6) is 0.988. The van der Waals surface area contributed by atoms with E-state index in [1.54, 1.807) is 7.11 Å². The number of ether oxygens (including phenoxy) is 1. The molecule has 3 rings (SSSR count). The number of Topliss-reactive ketones (excluding diaryl/α,β-unsaturated/α-hetero) is 1. The molecule has 0 N–H and O–H groups in total. The van der Waals surface area contributed by atoms with Crippen LogP contribution in [0.1, 0.15) is 59.2 Å². The first-order valence-electron chi connectivity index (χ1n) is 10.1. The van der Waals surface area contributed by atoms with Crippen molar-refractivity contribution >= 4 is 25.0 Å². The maximum absolute atomic E-state index is 13.0. The van der Waals surface area contributed by atoms with E-state index in [1.165, 1.54) is 0 Å². The molecule has 1 aromatic heterocycles. The lowest BCUT2D eigenvalue weighted by Crippen LogP contribution is -2.40. The summed E-state index contributed by atoms with van der Waals surface area (Å²) in [5.41, 5.74) is 1.48. The third-order valence-corrected chi connectivity index (χ3v) is 11.2. The van der Waals surface area contributed by atoms with Crippen molar-refractivity contribution in [1.82, 2.24) is 9.78 Å². The van der Waals surface area contributed by atoms with Crippen LogP contribution >= 0.6 is 0 Å². The van der Waals surface area contributed by atoms with E-state index in [2.05, 4.69) is 39.9 Å². The molecule has 1 aliphatic carbocycles. The van der Waals surface area contributed by atoms with Gasteiger partial charge in [0.15, 0.2) is 14.1 Å². The van der Waals surface area contributed by atoms with Gasteiger partial charge in [0, 0.05) is 10.8 Å². The number of ketones is 1. The lowest BCUT2D eigenvalue weighted by molar-refractivity contribution is -0.127. The normalized spacial score (nSPS) is 20.1. The van der Waals surface area contributed by atoms with Crippen LogP contribution in [-0.2, 0) is 15.8 Å². The second kappa shape index (κ2) is 6.99. The summed E-state index contributed by atoms with van der Waals surface area (Å²) in [6, 6.07) is 5.71. The molecule has 154 valence electrons. The minimum Gasteiger partial charge on any atom is -0.494 e. The van der Waals surface area contributed by atoms with E-state index >= 15 is 0 Å². The number of carbonyl (C=O) groups excluding carboxylic acids is 1. The summed E-state index contributed by atoms with van der Waals surface area (Å²) < 4.78 is 14.0. The van der Waals surface area contributed by atoms with Crippen molar-refractivity contribution in [2.24, 2.45) is 5.41 Å². The van der Waals surface area contributed by atoms with Gasteiger partial charge in [-0.25, -0.2) is 0 Å². The maximum Gasteiger partial charge on any atom is 0.192 e. The number of hydrogen-bond donors (Lipinski definition) is 0. The average molecular weight is 403 g/mol. The highest BCUT2D eigenvalue weighted by Gasteiger charge is 2.43. The molecule has 0 spiro atoms. The van der Waals surface area contributed by atoms with Crippen molar-refractivity contribution in [3.05, 3.63) is 23.9 Å². The van der Waals surface area contributed by atoms with Crippen LogP contribution in [0.3, 0.4) is 0 Å². The third-order valence-electron chi connectivity index (χ3n) is 6.70. The highest BCUT2D eigenvalue weighted by molar-refractivity contribution is 6.74. The van der Waals surface area contributed by atoms with Gasteiger partial charge in [-0.3, -0.25) is 9.48 Å². The minimum absolute atomic E-state index is 0.122. The summed E-state index contributed by atoms with van der Waals surface area (Å²) in [7, 11) is -0.279. The number of rotatable bonds is 5. The van der Waals surface area contributed by atoms with Crippen LogP contribution in [0.2, 0.25) is 18.1 Å². The van der Waals surface area contributed by atoms with Crippen LogP contribution < -0.4 is 4.74 Å². The van der Waals surface area contributed by atoms with E-state index < -0.39 is 8.32 Å². The zero-order valence-corrected chi connectivity index (χ0v) is 19.5. The lowest BCUT2D eigenvalue weighted by Gasteiger charge is -2.36. The van der Waals surface area contributed by atoms with E-state index in [1.807, 2.05) is 30.7 Å². The Bertz CT molecular complexity index is 893. The molecule has 6 heteroatoms. The summed E-state index contributed by atoms with van der Waals surface area (Å²) in [6.45, 7) is 15.7. The number of methoxy groups -OCH3 is 1. The highest BCUT2D eigenvalue weighted by atomic mass is 28.4. The number of nitrogens with zero attached hydrogens (tertiary/aromatic N) is 2. The van der Waals surface area contributed by atoms with Crippen molar-refractivity contribution < 1.29 is 14.0 Å². The van der Waals surface area contributed by atoms with Crippen molar-refractivity contribution in [3.63, 3.8) is 0 Å². The SMILES string of the molecule is COc1cccc2c(CO[Si](C)(C)C(C)(C)C)n([C@H]3CCC(C)(C)C3=O)nc12. The van der Waals surface area contributed by atoms with Gasteiger partial charge in [0.05, 0.1) is 19.4 Å². The predicted octanol–water partition coefficient (Wildman–Crippen LogP) is 5.50. The van der Waals surface area contributed by atoms with Crippen LogP contribution in [0.15, 0.2) is 18.2 Å². The van der Waals surface area contributed by atoms with Crippen LogP contribution in [0, 0.1) is 5.41 Å². The molecule has 28 heavy (non-hydrogen) atoms. The van der Waals surface area contributed by atoms with Gasteiger partial charge in [-0.2, -0.15) is 5.10 Å². The number of benzene rings is 1. The summed E-state index contributed by atoms with van der Waals surface area (Å²) in [6.07, 6.45) is 1.70. The van der Waals surface area contributed by atoms with Crippen LogP contribution in [-0.4, -0.2) is 31.0 Å². The van der Waals surface area contributed by atoms with E-state index in [9.17, 15) is 4.79 Å². The van der Waals surface area contributed by atoms with Crippen molar-refractivity contribution in [2.45, 2.75) is 78.2 Å². The van der Waals surface area contributed by atoms with Gasteiger partial charge in [0.2, 0.25) is 0 Å². The Kier molecular flexibility index (Phi) is 5.26. The van der Waals surface area contributed by atoms with E-state index in [4.69, 9.17) is 14.3 Å². The average Bonchev–Trinajstić information content (AvgIpc) is 3.09. The fraction of sp³-hybridized carbons (Fsp3) is 0.636. The van der Waals surface area contributed by atoms with Gasteiger partial charge in [-0.1, -0.05) is 46.8 Å². The molecule has 0 unspecified atom stereocenters. The van der Waals surface area contributed by atoms with Gasteiger partial charge in [-0.15, -0.1) is 0 Å². The van der Waals surface area contributed by atoms with E-state index in [-0.39, 0.29) is 22.3 Å². The second-order valence-corrected chi connectivity index (χ2v) is 14.9. The quantitative estimate of drug-likeness (QED) is 0.620. The lowest BCUT2D eigenvalue weighted by atomic mass is 9.90. The monoisotopic (exact) mass is 402 g/mol. The van der Waals surface area contributed by atoms with Gasteiger partial charge in [0.1, 0.15) is 17.3 Å². The van der Waals surface area contributed by atoms with Crippen LogP contribution in [0.5, 0.6) is 5.75 Å². The fourth-order valence-corrected chi connectivity index (χ4v) is 4.55.